The van der Waals surface area contributed by atoms with Crippen LogP contribution in [0, 0.1) is 6.92 Å². The van der Waals surface area contributed by atoms with E-state index in [1.165, 1.54) is 3.97 Å². The van der Waals surface area contributed by atoms with Gasteiger partial charge in [-0.2, -0.15) is 0 Å². The summed E-state index contributed by atoms with van der Waals surface area (Å²) in [5.41, 5.74) is 2.74. The molecular formula is C24H27N3O4S. The maximum atomic E-state index is 13.4. The highest BCUT2D eigenvalue weighted by Gasteiger charge is 2.29. The molecule has 2 amide bonds. The van der Waals surface area contributed by atoms with Gasteiger partial charge in [-0.3, -0.25) is 14.9 Å². The number of likely N-dealkylation sites (tertiary alicyclic amines) is 1. The van der Waals surface area contributed by atoms with Gasteiger partial charge >= 0.3 is 0 Å². The number of imide groups is 1. The van der Waals surface area contributed by atoms with Gasteiger partial charge in [-0.1, -0.05) is 35.9 Å². The number of aryl methyl sites for hydroxylation is 1. The van der Waals surface area contributed by atoms with Crippen molar-refractivity contribution in [3.05, 3.63) is 65.9 Å². The molecule has 0 aliphatic carbocycles. The maximum Gasteiger partial charge on any atom is 0.268 e. The molecule has 2 aromatic carbocycles. The van der Waals surface area contributed by atoms with Crippen molar-refractivity contribution in [2.24, 2.45) is 0 Å². The van der Waals surface area contributed by atoms with E-state index in [1.807, 2.05) is 43.3 Å². The lowest BCUT2D eigenvalue weighted by Crippen LogP contribution is -2.25. The third-order valence-electron chi connectivity index (χ3n) is 6.10. The van der Waals surface area contributed by atoms with E-state index in [9.17, 15) is 18.0 Å². The molecule has 1 aliphatic heterocycles. The lowest BCUT2D eigenvalue weighted by atomic mass is 9.98. The SMILES string of the molecule is Cc1ccc(S(=O)(=O)n2cc(C3CCN(CCCC(=O)NC=O)C3)c3ccccc32)cc1. The number of fused-ring (bicyclic) bond motifs is 1. The molecule has 2 heterocycles. The molecule has 1 aromatic heterocycles. The van der Waals surface area contributed by atoms with E-state index >= 15 is 0 Å². The molecule has 1 N–H and O–H groups in total. The number of nitrogens with zero attached hydrogens (tertiary/aromatic N) is 2. The zero-order valence-corrected chi connectivity index (χ0v) is 18.8. The summed E-state index contributed by atoms with van der Waals surface area (Å²) in [6.07, 6.45) is 4.11. The van der Waals surface area contributed by atoms with Crippen molar-refractivity contribution in [3.8, 4) is 0 Å². The largest absolute Gasteiger partial charge is 0.303 e. The number of nitrogens with one attached hydrogen (secondary N) is 1. The van der Waals surface area contributed by atoms with Crippen LogP contribution in [0.4, 0.5) is 0 Å². The number of hydrogen-bond acceptors (Lipinski definition) is 5. The Morgan fingerprint density at radius 2 is 1.91 bits per heavy atom. The number of benzene rings is 2. The van der Waals surface area contributed by atoms with Crippen LogP contribution in [0.15, 0.2) is 59.6 Å². The van der Waals surface area contributed by atoms with Crippen LogP contribution in [0.5, 0.6) is 0 Å². The number of hydrogen-bond donors (Lipinski definition) is 1. The molecule has 8 heteroatoms. The monoisotopic (exact) mass is 453 g/mol. The highest BCUT2D eigenvalue weighted by Crippen LogP contribution is 2.35. The average molecular weight is 454 g/mol. The van der Waals surface area contributed by atoms with E-state index < -0.39 is 10.0 Å². The maximum absolute atomic E-state index is 13.4. The van der Waals surface area contributed by atoms with E-state index in [-0.39, 0.29) is 16.7 Å². The Hall–Kier alpha value is -2.97. The van der Waals surface area contributed by atoms with Crippen molar-refractivity contribution in [1.29, 1.82) is 0 Å². The zero-order valence-electron chi connectivity index (χ0n) is 18.0. The Kier molecular flexibility index (Phi) is 6.43. The van der Waals surface area contributed by atoms with E-state index in [0.717, 1.165) is 42.6 Å². The predicted molar refractivity (Wildman–Crippen MR) is 123 cm³/mol. The number of amides is 2. The third-order valence-corrected chi connectivity index (χ3v) is 7.78. The van der Waals surface area contributed by atoms with E-state index in [1.54, 1.807) is 18.3 Å². The minimum atomic E-state index is -3.70. The Labute approximate surface area is 188 Å². The van der Waals surface area contributed by atoms with Crippen molar-refractivity contribution >= 4 is 33.2 Å². The van der Waals surface area contributed by atoms with Gasteiger partial charge in [0.15, 0.2) is 0 Å². The Morgan fingerprint density at radius 1 is 1.16 bits per heavy atom. The van der Waals surface area contributed by atoms with E-state index in [4.69, 9.17) is 0 Å². The van der Waals surface area contributed by atoms with Crippen molar-refractivity contribution in [1.82, 2.24) is 14.2 Å². The van der Waals surface area contributed by atoms with Crippen LogP contribution >= 0.6 is 0 Å². The van der Waals surface area contributed by atoms with Gasteiger partial charge in [0.1, 0.15) is 0 Å². The second kappa shape index (κ2) is 9.26. The summed E-state index contributed by atoms with van der Waals surface area (Å²) in [6, 6.07) is 14.6. The van der Waals surface area contributed by atoms with Gasteiger partial charge in [0.2, 0.25) is 12.3 Å². The summed E-state index contributed by atoms with van der Waals surface area (Å²) in [5, 5.41) is 3.12. The number of rotatable bonds is 8. The van der Waals surface area contributed by atoms with Gasteiger partial charge in [-0.05, 0) is 62.5 Å². The fraction of sp³-hybridized carbons (Fsp3) is 0.333. The lowest BCUT2D eigenvalue weighted by Gasteiger charge is -2.15. The molecule has 7 nitrogen and oxygen atoms in total. The lowest BCUT2D eigenvalue weighted by molar-refractivity contribution is -0.125. The van der Waals surface area contributed by atoms with Crippen LogP contribution in [-0.4, -0.2) is 49.2 Å². The van der Waals surface area contributed by atoms with Crippen LogP contribution in [0.25, 0.3) is 10.9 Å². The molecular weight excluding hydrogens is 426 g/mol. The molecule has 168 valence electrons. The van der Waals surface area contributed by atoms with Gasteiger partial charge in [-0.15, -0.1) is 0 Å². The first-order chi connectivity index (χ1) is 15.4. The molecule has 1 atom stereocenters. The highest BCUT2D eigenvalue weighted by atomic mass is 32.2. The third kappa shape index (κ3) is 4.47. The minimum Gasteiger partial charge on any atom is -0.303 e. The van der Waals surface area contributed by atoms with Gasteiger partial charge in [0.25, 0.3) is 10.0 Å². The summed E-state index contributed by atoms with van der Waals surface area (Å²) in [7, 11) is -3.70. The zero-order chi connectivity index (χ0) is 22.7. The Balaban J connectivity index is 1.57. The van der Waals surface area contributed by atoms with Crippen LogP contribution < -0.4 is 5.32 Å². The second-order valence-corrected chi connectivity index (χ2v) is 10.1. The molecule has 1 fully saturated rings. The van der Waals surface area contributed by atoms with Crippen LogP contribution in [0.3, 0.4) is 0 Å². The van der Waals surface area contributed by atoms with Gasteiger partial charge in [-0.25, -0.2) is 12.4 Å². The average Bonchev–Trinajstić information content (AvgIpc) is 3.39. The van der Waals surface area contributed by atoms with Crippen molar-refractivity contribution in [3.63, 3.8) is 0 Å². The molecule has 0 radical (unpaired) electrons. The van der Waals surface area contributed by atoms with Crippen molar-refractivity contribution in [2.75, 3.05) is 19.6 Å². The number of aromatic nitrogens is 1. The molecule has 4 rings (SSSR count). The Morgan fingerprint density at radius 3 is 2.66 bits per heavy atom. The Bertz CT molecular complexity index is 1230. The molecule has 1 saturated heterocycles. The molecule has 32 heavy (non-hydrogen) atoms. The predicted octanol–water partition coefficient (Wildman–Crippen LogP) is 3.03. The van der Waals surface area contributed by atoms with Crippen LogP contribution in [-0.2, 0) is 19.6 Å². The van der Waals surface area contributed by atoms with E-state index in [0.29, 0.717) is 24.8 Å². The smallest absolute Gasteiger partial charge is 0.268 e. The summed E-state index contributed by atoms with van der Waals surface area (Å²) in [6.45, 7) is 4.40. The highest BCUT2D eigenvalue weighted by molar-refractivity contribution is 7.90. The van der Waals surface area contributed by atoms with Crippen LogP contribution in [0.2, 0.25) is 0 Å². The van der Waals surface area contributed by atoms with Gasteiger partial charge < -0.3 is 4.90 Å². The minimum absolute atomic E-state index is 0.221. The van der Waals surface area contributed by atoms with Gasteiger partial charge in [0, 0.05) is 24.5 Å². The van der Waals surface area contributed by atoms with Crippen molar-refractivity contribution < 1.29 is 18.0 Å². The molecule has 1 unspecified atom stereocenters. The topological polar surface area (TPSA) is 88.5 Å². The number of para-hydroxylation sites is 1. The summed E-state index contributed by atoms with van der Waals surface area (Å²) < 4.78 is 28.2. The molecule has 3 aromatic rings. The molecule has 0 bridgehead atoms. The first kappa shape index (κ1) is 22.2. The fourth-order valence-electron chi connectivity index (χ4n) is 4.41. The summed E-state index contributed by atoms with van der Waals surface area (Å²) in [5.74, 6) is -0.0432. The first-order valence-corrected chi connectivity index (χ1v) is 12.2. The van der Waals surface area contributed by atoms with Gasteiger partial charge in [0.05, 0.1) is 10.4 Å². The number of carbonyl (C=O) groups excluding carboxylic acids is 2. The summed E-state index contributed by atoms with van der Waals surface area (Å²) >= 11 is 0. The normalized spacial score (nSPS) is 17.0. The second-order valence-electron chi connectivity index (χ2n) is 8.29. The van der Waals surface area contributed by atoms with Crippen molar-refractivity contribution in [2.45, 2.75) is 37.0 Å². The number of carbonyl (C=O) groups is 2. The fourth-order valence-corrected chi connectivity index (χ4v) is 5.79. The molecule has 0 saturated carbocycles. The van der Waals surface area contributed by atoms with E-state index in [2.05, 4.69) is 10.2 Å². The molecule has 0 spiro atoms. The molecule has 1 aliphatic rings. The first-order valence-electron chi connectivity index (χ1n) is 10.8. The van der Waals surface area contributed by atoms with Crippen LogP contribution in [0.1, 0.15) is 36.3 Å². The standard InChI is InChI=1S/C24H27N3O4S/c1-18-8-10-20(11-9-18)32(30,31)27-16-22(21-5-2-3-6-23(21)27)19-12-14-26(15-19)13-4-7-24(29)25-17-28/h2-3,5-6,8-11,16-17,19H,4,7,12-15H2,1H3,(H,25,28,29). The quantitative estimate of drug-likeness (QED) is 0.530. The summed E-state index contributed by atoms with van der Waals surface area (Å²) in [4.78, 5) is 24.4.